The van der Waals surface area contributed by atoms with Gasteiger partial charge in [-0.3, -0.25) is 4.79 Å². The minimum absolute atomic E-state index is 0.000129. The summed E-state index contributed by atoms with van der Waals surface area (Å²) in [5.41, 5.74) is -1.43. The van der Waals surface area contributed by atoms with Gasteiger partial charge in [-0.15, -0.1) is 0 Å². The summed E-state index contributed by atoms with van der Waals surface area (Å²) in [6.45, 7) is 2.05. The third-order valence-electron chi connectivity index (χ3n) is 3.41. The van der Waals surface area contributed by atoms with E-state index in [2.05, 4.69) is 16.0 Å². The molecule has 1 fully saturated rings. The summed E-state index contributed by atoms with van der Waals surface area (Å²) in [5.74, 6) is -0.488. The van der Waals surface area contributed by atoms with Gasteiger partial charge in [-0.1, -0.05) is 0 Å². The molecule has 1 saturated heterocycles. The van der Waals surface area contributed by atoms with E-state index in [9.17, 15) is 22.8 Å². The van der Waals surface area contributed by atoms with Gasteiger partial charge in [0.1, 0.15) is 0 Å². The fourth-order valence-electron chi connectivity index (χ4n) is 2.35. The Bertz CT molecular complexity index is 614. The van der Waals surface area contributed by atoms with E-state index >= 15 is 0 Å². The van der Waals surface area contributed by atoms with E-state index in [1.807, 2.05) is 0 Å². The van der Waals surface area contributed by atoms with Gasteiger partial charge in [0.2, 0.25) is 5.91 Å². The summed E-state index contributed by atoms with van der Waals surface area (Å²) < 4.78 is 44.8. The van der Waals surface area contributed by atoms with Gasteiger partial charge in [0.25, 0.3) is 0 Å². The molecule has 132 valence electrons. The summed E-state index contributed by atoms with van der Waals surface area (Å²) in [7, 11) is 0. The van der Waals surface area contributed by atoms with E-state index in [4.69, 9.17) is 4.74 Å². The van der Waals surface area contributed by atoms with Crippen molar-refractivity contribution in [2.45, 2.75) is 32.0 Å². The Morgan fingerprint density at radius 1 is 1.29 bits per heavy atom. The van der Waals surface area contributed by atoms with Crippen LogP contribution < -0.4 is 16.0 Å². The Hall–Kier alpha value is -2.29. The van der Waals surface area contributed by atoms with Crippen LogP contribution in [0.15, 0.2) is 18.2 Å². The number of amides is 3. The van der Waals surface area contributed by atoms with Crippen molar-refractivity contribution in [1.82, 2.24) is 5.32 Å². The Balaban J connectivity index is 2.07. The highest BCUT2D eigenvalue weighted by Crippen LogP contribution is 2.36. The van der Waals surface area contributed by atoms with Gasteiger partial charge >= 0.3 is 12.2 Å². The van der Waals surface area contributed by atoms with E-state index in [0.29, 0.717) is 6.61 Å². The van der Waals surface area contributed by atoms with Crippen molar-refractivity contribution in [2.24, 2.45) is 0 Å². The Labute approximate surface area is 136 Å². The van der Waals surface area contributed by atoms with E-state index in [1.54, 1.807) is 0 Å². The molecule has 3 amide bonds. The number of carbonyl (C=O) groups excluding carboxylic acids is 2. The summed E-state index contributed by atoms with van der Waals surface area (Å²) in [5, 5.41) is 6.95. The first-order valence-corrected chi connectivity index (χ1v) is 7.41. The molecule has 1 aliphatic rings. The topological polar surface area (TPSA) is 79.5 Å². The van der Waals surface area contributed by atoms with Crippen molar-refractivity contribution in [3.63, 3.8) is 0 Å². The van der Waals surface area contributed by atoms with Gasteiger partial charge in [-0.25, -0.2) is 4.79 Å². The molecule has 1 aromatic carbocycles. The first-order chi connectivity index (χ1) is 11.3. The molecule has 3 N–H and O–H groups in total. The summed E-state index contributed by atoms with van der Waals surface area (Å²) >= 11 is 0. The van der Waals surface area contributed by atoms with Crippen LogP contribution in [-0.2, 0) is 15.7 Å². The number of carbonyl (C=O) groups is 2. The number of halogens is 3. The van der Waals surface area contributed by atoms with Crippen molar-refractivity contribution < 1.29 is 27.5 Å². The molecule has 2 rings (SSSR count). The lowest BCUT2D eigenvalue weighted by atomic mass is 10.1. The van der Waals surface area contributed by atoms with Gasteiger partial charge in [0, 0.05) is 25.8 Å². The van der Waals surface area contributed by atoms with Crippen LogP contribution in [-0.4, -0.2) is 31.2 Å². The number of alkyl halides is 3. The average molecular weight is 345 g/mol. The molecule has 1 aliphatic heterocycles. The lowest BCUT2D eigenvalue weighted by Crippen LogP contribution is -2.35. The maximum absolute atomic E-state index is 13.1. The number of nitrogens with one attached hydrogen (secondary N) is 3. The molecule has 1 heterocycles. The molecule has 0 bridgehead atoms. The van der Waals surface area contributed by atoms with Gasteiger partial charge in [-0.2, -0.15) is 13.2 Å². The molecule has 9 heteroatoms. The van der Waals surface area contributed by atoms with Crippen molar-refractivity contribution in [3.8, 4) is 0 Å². The smallest absolute Gasteiger partial charge is 0.376 e. The van der Waals surface area contributed by atoms with E-state index in [1.165, 1.54) is 13.0 Å². The number of hydrogen-bond acceptors (Lipinski definition) is 3. The van der Waals surface area contributed by atoms with Crippen molar-refractivity contribution in [3.05, 3.63) is 23.8 Å². The molecule has 0 spiro atoms. The fourth-order valence-corrected chi connectivity index (χ4v) is 2.35. The first-order valence-electron chi connectivity index (χ1n) is 7.41. The summed E-state index contributed by atoms with van der Waals surface area (Å²) in [6.07, 6.45) is -3.08. The van der Waals surface area contributed by atoms with E-state index in [0.717, 1.165) is 25.0 Å². The van der Waals surface area contributed by atoms with Crippen LogP contribution >= 0.6 is 0 Å². The number of rotatable bonds is 4. The fraction of sp³-hybridized carbons (Fsp3) is 0.467. The van der Waals surface area contributed by atoms with Gasteiger partial charge in [0.15, 0.2) is 0 Å². The lowest BCUT2D eigenvalue weighted by molar-refractivity contribution is -0.137. The van der Waals surface area contributed by atoms with Crippen molar-refractivity contribution >= 4 is 23.3 Å². The van der Waals surface area contributed by atoms with Crippen LogP contribution in [0, 0.1) is 0 Å². The second-order valence-electron chi connectivity index (χ2n) is 5.41. The lowest BCUT2D eigenvalue weighted by Gasteiger charge is -2.16. The van der Waals surface area contributed by atoms with Crippen LogP contribution in [0.1, 0.15) is 25.3 Å². The van der Waals surface area contributed by atoms with Crippen LogP contribution in [0.3, 0.4) is 0 Å². The maximum atomic E-state index is 13.1. The Morgan fingerprint density at radius 2 is 2.04 bits per heavy atom. The van der Waals surface area contributed by atoms with E-state index < -0.39 is 23.7 Å². The van der Waals surface area contributed by atoms with Gasteiger partial charge in [0.05, 0.1) is 17.4 Å². The Morgan fingerprint density at radius 3 is 2.62 bits per heavy atom. The summed E-state index contributed by atoms with van der Waals surface area (Å²) in [4.78, 5) is 22.8. The number of ether oxygens (including phenoxy) is 1. The van der Waals surface area contributed by atoms with Crippen molar-refractivity contribution in [1.29, 1.82) is 0 Å². The molecule has 1 atom stereocenters. The molecular weight excluding hydrogens is 327 g/mol. The molecule has 0 saturated carbocycles. The molecular formula is C15H18F3N3O3. The second kappa shape index (κ2) is 7.52. The number of benzene rings is 1. The zero-order valence-corrected chi connectivity index (χ0v) is 13.0. The number of urea groups is 1. The highest BCUT2D eigenvalue weighted by Gasteiger charge is 2.34. The normalized spacial score (nSPS) is 17.4. The average Bonchev–Trinajstić information content (AvgIpc) is 2.98. The van der Waals surface area contributed by atoms with E-state index in [-0.39, 0.29) is 24.0 Å². The van der Waals surface area contributed by atoms with Crippen LogP contribution in [0.2, 0.25) is 0 Å². The molecule has 0 aromatic heterocycles. The third-order valence-corrected chi connectivity index (χ3v) is 3.41. The van der Waals surface area contributed by atoms with Gasteiger partial charge in [-0.05, 0) is 31.0 Å². The highest BCUT2D eigenvalue weighted by atomic mass is 19.4. The second-order valence-corrected chi connectivity index (χ2v) is 5.41. The molecule has 0 aliphatic carbocycles. The largest absolute Gasteiger partial charge is 0.418 e. The van der Waals surface area contributed by atoms with Crippen LogP contribution in [0.4, 0.5) is 29.3 Å². The number of anilines is 2. The van der Waals surface area contributed by atoms with Crippen LogP contribution in [0.25, 0.3) is 0 Å². The minimum Gasteiger partial charge on any atom is -0.376 e. The zero-order chi connectivity index (χ0) is 17.7. The molecule has 0 unspecified atom stereocenters. The summed E-state index contributed by atoms with van der Waals surface area (Å²) in [6, 6.07) is 2.41. The van der Waals surface area contributed by atoms with Gasteiger partial charge < -0.3 is 20.7 Å². The zero-order valence-electron chi connectivity index (χ0n) is 13.0. The third kappa shape index (κ3) is 5.12. The maximum Gasteiger partial charge on any atom is 0.418 e. The molecule has 6 nitrogen and oxygen atoms in total. The molecule has 0 radical (unpaired) electrons. The predicted molar refractivity (Wildman–Crippen MR) is 81.7 cm³/mol. The predicted octanol–water partition coefficient (Wildman–Crippen LogP) is 2.96. The number of hydrogen-bond donors (Lipinski definition) is 3. The minimum atomic E-state index is -4.67. The Kier molecular flexibility index (Phi) is 5.66. The van der Waals surface area contributed by atoms with Crippen molar-refractivity contribution in [2.75, 3.05) is 23.8 Å². The standard InChI is InChI=1S/C15H18F3N3O3/c1-9(22)20-10-4-5-13(12(7-10)15(16,17)18)21-14(23)19-8-11-3-2-6-24-11/h4-5,7,11H,2-3,6,8H2,1H3,(H,20,22)(H2,19,21,23)/t11-/m0/s1. The van der Waals surface area contributed by atoms with Crippen LogP contribution in [0.5, 0.6) is 0 Å². The highest BCUT2D eigenvalue weighted by molar-refractivity contribution is 5.92. The SMILES string of the molecule is CC(=O)Nc1ccc(NC(=O)NC[C@@H]2CCCO2)c(C(F)(F)F)c1. The quantitative estimate of drug-likeness (QED) is 0.785. The molecule has 24 heavy (non-hydrogen) atoms. The monoisotopic (exact) mass is 345 g/mol. The molecule has 1 aromatic rings. The first kappa shape index (κ1) is 18.1.